The summed E-state index contributed by atoms with van der Waals surface area (Å²) in [5.41, 5.74) is 6.04. The molecule has 0 amide bonds. The van der Waals surface area contributed by atoms with Crippen LogP contribution in [0.15, 0.2) is 65.1 Å². The van der Waals surface area contributed by atoms with Crippen molar-refractivity contribution in [3.05, 3.63) is 82.1 Å². The van der Waals surface area contributed by atoms with Crippen LogP contribution >= 0.6 is 34.7 Å². The zero-order valence-corrected chi connectivity index (χ0v) is 18.2. The molecule has 0 bridgehead atoms. The van der Waals surface area contributed by atoms with Gasteiger partial charge in [-0.1, -0.05) is 53.7 Å². The molecule has 29 heavy (non-hydrogen) atoms. The Hall–Kier alpha value is -2.08. The van der Waals surface area contributed by atoms with Crippen molar-refractivity contribution in [3.63, 3.8) is 0 Å². The van der Waals surface area contributed by atoms with Gasteiger partial charge in [0.2, 0.25) is 0 Å². The Bertz CT molecular complexity index is 1120. The van der Waals surface area contributed by atoms with E-state index in [1.807, 2.05) is 24.3 Å². The third-order valence-corrected chi connectivity index (χ3v) is 7.27. The van der Waals surface area contributed by atoms with Gasteiger partial charge in [0, 0.05) is 33.1 Å². The minimum Gasteiger partial charge on any atom is -0.292 e. The number of hydrogen-bond acceptors (Lipinski definition) is 4. The van der Waals surface area contributed by atoms with Crippen LogP contribution in [0, 0.1) is 0 Å². The summed E-state index contributed by atoms with van der Waals surface area (Å²) in [5, 5.41) is 5.00. The SMILES string of the molecule is Clc1ccc(-c2nc(CSc3nc4c(n3-c3ccccc3)CCCC4)cs2)cc1. The highest BCUT2D eigenvalue weighted by molar-refractivity contribution is 7.98. The molecule has 2 aromatic carbocycles. The number of aromatic nitrogens is 3. The van der Waals surface area contributed by atoms with Gasteiger partial charge in [-0.05, 0) is 49.9 Å². The fourth-order valence-corrected chi connectivity index (χ4v) is 5.69. The Morgan fingerprint density at radius 2 is 1.76 bits per heavy atom. The Morgan fingerprint density at radius 1 is 0.966 bits per heavy atom. The highest BCUT2D eigenvalue weighted by atomic mass is 35.5. The molecular weight excluding hydrogens is 418 g/mol. The number of rotatable bonds is 5. The molecule has 0 saturated heterocycles. The van der Waals surface area contributed by atoms with E-state index in [0.717, 1.165) is 45.0 Å². The first-order valence-corrected chi connectivity index (χ1v) is 12.0. The van der Waals surface area contributed by atoms with Crippen molar-refractivity contribution in [2.24, 2.45) is 0 Å². The Balaban J connectivity index is 1.40. The number of thioether (sulfide) groups is 1. The van der Waals surface area contributed by atoms with Crippen LogP contribution < -0.4 is 0 Å². The molecule has 0 unspecified atom stereocenters. The average Bonchev–Trinajstić information content (AvgIpc) is 3.38. The Labute approximate surface area is 183 Å². The highest BCUT2D eigenvalue weighted by Gasteiger charge is 2.21. The summed E-state index contributed by atoms with van der Waals surface area (Å²) in [6, 6.07) is 18.5. The summed E-state index contributed by atoms with van der Waals surface area (Å²) < 4.78 is 2.35. The fraction of sp³-hybridized carbons (Fsp3) is 0.217. The second kappa shape index (κ2) is 8.34. The van der Waals surface area contributed by atoms with E-state index in [1.165, 1.54) is 29.9 Å². The van der Waals surface area contributed by atoms with Gasteiger partial charge in [0.25, 0.3) is 0 Å². The lowest BCUT2D eigenvalue weighted by molar-refractivity contribution is 0.654. The molecule has 6 heteroatoms. The maximum Gasteiger partial charge on any atom is 0.173 e. The van der Waals surface area contributed by atoms with E-state index in [0.29, 0.717) is 0 Å². The molecule has 146 valence electrons. The number of aryl methyl sites for hydroxylation is 1. The molecule has 0 radical (unpaired) electrons. The monoisotopic (exact) mass is 437 g/mol. The lowest BCUT2D eigenvalue weighted by Crippen LogP contribution is -2.07. The standard InChI is InChI=1S/C23H20ClN3S2/c24-17-12-10-16(11-13-17)22-25-18(14-28-22)15-29-23-26-20-8-4-5-9-21(20)27(23)19-6-2-1-3-7-19/h1-3,6-7,10-14H,4-5,8-9,15H2. The van der Waals surface area contributed by atoms with Gasteiger partial charge < -0.3 is 0 Å². The lowest BCUT2D eigenvalue weighted by Gasteiger charge is -2.15. The molecule has 1 aliphatic carbocycles. The number of imidazole rings is 1. The maximum atomic E-state index is 6.00. The summed E-state index contributed by atoms with van der Waals surface area (Å²) in [4.78, 5) is 9.83. The molecule has 2 aromatic heterocycles. The average molecular weight is 438 g/mol. The Morgan fingerprint density at radius 3 is 2.59 bits per heavy atom. The van der Waals surface area contributed by atoms with Gasteiger partial charge in [-0.15, -0.1) is 11.3 Å². The minimum absolute atomic E-state index is 0.748. The first-order chi connectivity index (χ1) is 14.3. The Kier molecular flexibility index (Phi) is 5.44. The maximum absolute atomic E-state index is 6.00. The summed E-state index contributed by atoms with van der Waals surface area (Å²) in [5.74, 6) is 0.812. The summed E-state index contributed by atoms with van der Waals surface area (Å²) in [6.07, 6.45) is 4.67. The van der Waals surface area contributed by atoms with Crippen molar-refractivity contribution in [3.8, 4) is 16.3 Å². The van der Waals surface area contributed by atoms with E-state index in [2.05, 4.69) is 40.3 Å². The minimum atomic E-state index is 0.748. The molecular formula is C23H20ClN3S2. The van der Waals surface area contributed by atoms with Crippen LogP contribution in [0.25, 0.3) is 16.3 Å². The van der Waals surface area contributed by atoms with Crippen LogP contribution in [-0.4, -0.2) is 14.5 Å². The van der Waals surface area contributed by atoms with E-state index in [4.69, 9.17) is 21.6 Å². The molecule has 0 atom stereocenters. The van der Waals surface area contributed by atoms with Gasteiger partial charge in [0.15, 0.2) is 5.16 Å². The van der Waals surface area contributed by atoms with Crippen molar-refractivity contribution < 1.29 is 0 Å². The van der Waals surface area contributed by atoms with Crippen LogP contribution in [0.4, 0.5) is 0 Å². The molecule has 2 heterocycles. The van der Waals surface area contributed by atoms with Crippen molar-refractivity contribution in [2.75, 3.05) is 0 Å². The second-order valence-corrected chi connectivity index (χ2v) is 9.34. The summed E-state index contributed by atoms with van der Waals surface area (Å²) in [7, 11) is 0. The van der Waals surface area contributed by atoms with E-state index in [1.54, 1.807) is 23.1 Å². The molecule has 0 fully saturated rings. The van der Waals surface area contributed by atoms with Gasteiger partial charge in [0.05, 0.1) is 11.4 Å². The molecule has 5 rings (SSSR count). The first-order valence-electron chi connectivity index (χ1n) is 9.77. The van der Waals surface area contributed by atoms with Crippen molar-refractivity contribution >= 4 is 34.7 Å². The van der Waals surface area contributed by atoms with Crippen molar-refractivity contribution in [1.82, 2.24) is 14.5 Å². The van der Waals surface area contributed by atoms with Gasteiger partial charge >= 0.3 is 0 Å². The summed E-state index contributed by atoms with van der Waals surface area (Å²) >= 11 is 9.45. The largest absolute Gasteiger partial charge is 0.292 e. The number of hydrogen-bond donors (Lipinski definition) is 0. The molecule has 0 spiro atoms. The van der Waals surface area contributed by atoms with E-state index in [9.17, 15) is 0 Å². The number of nitrogens with zero attached hydrogens (tertiary/aromatic N) is 3. The molecule has 1 aliphatic rings. The molecule has 0 N–H and O–H groups in total. The van der Waals surface area contributed by atoms with Crippen LogP contribution in [0.2, 0.25) is 5.02 Å². The molecule has 0 aliphatic heterocycles. The van der Waals surface area contributed by atoms with Crippen LogP contribution in [0.3, 0.4) is 0 Å². The normalized spacial score (nSPS) is 13.4. The second-order valence-electron chi connectivity index (χ2n) is 7.11. The smallest absolute Gasteiger partial charge is 0.173 e. The van der Waals surface area contributed by atoms with E-state index < -0.39 is 0 Å². The first kappa shape index (κ1) is 18.9. The van der Waals surface area contributed by atoms with Crippen LogP contribution in [0.1, 0.15) is 29.9 Å². The number of thiazole rings is 1. The van der Waals surface area contributed by atoms with Gasteiger partial charge in [0.1, 0.15) is 5.01 Å². The van der Waals surface area contributed by atoms with Crippen molar-refractivity contribution in [2.45, 2.75) is 36.6 Å². The predicted molar refractivity (Wildman–Crippen MR) is 122 cm³/mol. The highest BCUT2D eigenvalue weighted by Crippen LogP contribution is 2.33. The van der Waals surface area contributed by atoms with E-state index in [-0.39, 0.29) is 0 Å². The number of para-hydroxylation sites is 1. The zero-order chi connectivity index (χ0) is 19.6. The number of fused-ring (bicyclic) bond motifs is 1. The fourth-order valence-electron chi connectivity index (χ4n) is 3.69. The molecule has 0 saturated carbocycles. The quantitative estimate of drug-likeness (QED) is 0.321. The molecule has 4 aromatic rings. The zero-order valence-electron chi connectivity index (χ0n) is 15.8. The van der Waals surface area contributed by atoms with Gasteiger partial charge in [-0.3, -0.25) is 4.57 Å². The third-order valence-electron chi connectivity index (χ3n) is 5.11. The van der Waals surface area contributed by atoms with E-state index >= 15 is 0 Å². The third kappa shape index (κ3) is 4.00. The molecule has 3 nitrogen and oxygen atoms in total. The van der Waals surface area contributed by atoms with Gasteiger partial charge in [-0.25, -0.2) is 9.97 Å². The van der Waals surface area contributed by atoms with Crippen molar-refractivity contribution in [1.29, 1.82) is 0 Å². The summed E-state index contributed by atoms with van der Waals surface area (Å²) in [6.45, 7) is 0. The van der Waals surface area contributed by atoms with Crippen LogP contribution in [-0.2, 0) is 18.6 Å². The van der Waals surface area contributed by atoms with Gasteiger partial charge in [-0.2, -0.15) is 0 Å². The number of benzene rings is 2. The number of halogens is 1. The van der Waals surface area contributed by atoms with Crippen LogP contribution in [0.5, 0.6) is 0 Å². The lowest BCUT2D eigenvalue weighted by atomic mass is 10.0. The predicted octanol–water partition coefficient (Wildman–Crippen LogP) is 6.82. The topological polar surface area (TPSA) is 30.7 Å².